The molecule has 0 spiro atoms. The van der Waals surface area contributed by atoms with Crippen LogP contribution < -0.4 is 5.73 Å². The van der Waals surface area contributed by atoms with Crippen molar-refractivity contribution < 1.29 is 14.3 Å². The molecule has 2 N–H and O–H groups in total. The Morgan fingerprint density at radius 1 is 0.846 bits per heavy atom. The maximum atomic E-state index is 12.7. The molecule has 26 heavy (non-hydrogen) atoms. The largest absolute Gasteiger partial charge is 0.377 e. The summed E-state index contributed by atoms with van der Waals surface area (Å²) in [6.45, 7) is 21.3. The highest BCUT2D eigenvalue weighted by molar-refractivity contribution is 5.83. The van der Waals surface area contributed by atoms with Gasteiger partial charge in [-0.3, -0.25) is 9.59 Å². The number of methoxy groups -OCH3 is 1. The zero-order chi connectivity index (χ0) is 21.1. The SMILES string of the molecule is COCC(=O)C(CC(C)(C)C(C)(C)C(CC(C)(C)C)C(N)=O)C(C)(C)C. The molecular formula is C22H43NO3. The molecule has 0 rings (SSSR count). The zero-order valence-electron chi connectivity index (χ0n) is 19.1. The second kappa shape index (κ2) is 8.41. The predicted octanol–water partition coefficient (Wildman–Crippen LogP) is 4.84. The lowest BCUT2D eigenvalue weighted by atomic mass is 9.54. The van der Waals surface area contributed by atoms with Gasteiger partial charge in [0.05, 0.1) is 0 Å². The van der Waals surface area contributed by atoms with E-state index >= 15 is 0 Å². The number of ketones is 1. The summed E-state index contributed by atoms with van der Waals surface area (Å²) in [4.78, 5) is 25.0. The van der Waals surface area contributed by atoms with Crippen LogP contribution in [0.3, 0.4) is 0 Å². The zero-order valence-corrected chi connectivity index (χ0v) is 19.1. The van der Waals surface area contributed by atoms with E-state index in [1.807, 2.05) is 0 Å². The number of carbonyl (C=O) groups is 2. The van der Waals surface area contributed by atoms with E-state index in [0.717, 1.165) is 6.42 Å². The van der Waals surface area contributed by atoms with E-state index < -0.39 is 0 Å². The summed E-state index contributed by atoms with van der Waals surface area (Å²) in [6, 6.07) is 0. The molecule has 0 aromatic heterocycles. The first-order valence-electron chi connectivity index (χ1n) is 9.68. The van der Waals surface area contributed by atoms with Crippen molar-refractivity contribution in [2.45, 2.75) is 82.1 Å². The van der Waals surface area contributed by atoms with Crippen LogP contribution in [0.1, 0.15) is 82.1 Å². The van der Waals surface area contributed by atoms with Crippen molar-refractivity contribution in [3.05, 3.63) is 0 Å². The Hall–Kier alpha value is -0.900. The summed E-state index contributed by atoms with van der Waals surface area (Å²) in [5.74, 6) is -0.528. The molecule has 0 aliphatic rings. The average Bonchev–Trinajstić information content (AvgIpc) is 2.39. The van der Waals surface area contributed by atoms with Crippen molar-refractivity contribution in [2.24, 2.45) is 39.2 Å². The van der Waals surface area contributed by atoms with Gasteiger partial charge in [-0.1, -0.05) is 69.2 Å². The van der Waals surface area contributed by atoms with Gasteiger partial charge in [-0.25, -0.2) is 0 Å². The first-order valence-corrected chi connectivity index (χ1v) is 9.68. The Balaban J connectivity index is 5.84. The maximum Gasteiger partial charge on any atom is 0.221 e. The molecule has 0 fully saturated rings. The van der Waals surface area contributed by atoms with E-state index in [1.165, 1.54) is 0 Å². The topological polar surface area (TPSA) is 69.4 Å². The standard InChI is InChI=1S/C22H43NO3/c1-19(2,3)12-16(18(23)25)22(9,10)21(7,8)13-15(20(4,5)6)17(24)14-26-11/h15-16H,12-14H2,1-11H3,(H2,23,25). The van der Waals surface area contributed by atoms with Gasteiger partial charge >= 0.3 is 0 Å². The van der Waals surface area contributed by atoms with E-state index in [1.54, 1.807) is 7.11 Å². The normalized spacial score (nSPS) is 16.3. The van der Waals surface area contributed by atoms with Gasteiger partial charge in [-0.15, -0.1) is 0 Å². The second-order valence-corrected chi connectivity index (χ2v) is 11.3. The first kappa shape index (κ1) is 25.1. The Morgan fingerprint density at radius 2 is 1.31 bits per heavy atom. The monoisotopic (exact) mass is 369 g/mol. The molecule has 4 nitrogen and oxygen atoms in total. The summed E-state index contributed by atoms with van der Waals surface area (Å²) in [6.07, 6.45) is 1.42. The highest BCUT2D eigenvalue weighted by atomic mass is 16.5. The highest BCUT2D eigenvalue weighted by Crippen LogP contribution is 2.52. The van der Waals surface area contributed by atoms with E-state index in [-0.39, 0.29) is 51.8 Å². The number of rotatable bonds is 9. The van der Waals surface area contributed by atoms with Gasteiger partial charge in [0, 0.05) is 18.9 Å². The van der Waals surface area contributed by atoms with Gasteiger partial charge in [0.2, 0.25) is 5.91 Å². The van der Waals surface area contributed by atoms with Crippen LogP contribution in [-0.4, -0.2) is 25.4 Å². The molecular weight excluding hydrogens is 326 g/mol. The third-order valence-corrected chi connectivity index (χ3v) is 6.21. The van der Waals surface area contributed by atoms with Crippen molar-refractivity contribution in [1.29, 1.82) is 0 Å². The maximum absolute atomic E-state index is 12.7. The Kier molecular flexibility index (Phi) is 8.12. The Bertz CT molecular complexity index is 492. The summed E-state index contributed by atoms with van der Waals surface area (Å²) in [5.41, 5.74) is 5.06. The molecule has 154 valence electrons. The highest BCUT2D eigenvalue weighted by Gasteiger charge is 2.49. The van der Waals surface area contributed by atoms with Crippen LogP contribution in [-0.2, 0) is 14.3 Å². The number of primary amides is 1. The van der Waals surface area contributed by atoms with E-state index in [2.05, 4.69) is 69.2 Å². The van der Waals surface area contributed by atoms with Crippen LogP contribution in [0.4, 0.5) is 0 Å². The molecule has 0 aliphatic carbocycles. The van der Waals surface area contributed by atoms with Gasteiger partial charge in [-0.05, 0) is 34.5 Å². The van der Waals surface area contributed by atoms with Crippen LogP contribution in [0.5, 0.6) is 0 Å². The molecule has 1 amide bonds. The lowest BCUT2D eigenvalue weighted by molar-refractivity contribution is -0.136. The van der Waals surface area contributed by atoms with Gasteiger partial charge in [-0.2, -0.15) is 0 Å². The third-order valence-electron chi connectivity index (χ3n) is 6.21. The fourth-order valence-corrected chi connectivity index (χ4v) is 3.71. The minimum Gasteiger partial charge on any atom is -0.377 e. The van der Waals surface area contributed by atoms with E-state index in [4.69, 9.17) is 10.5 Å². The molecule has 0 saturated heterocycles. The average molecular weight is 370 g/mol. The van der Waals surface area contributed by atoms with Crippen LogP contribution in [0, 0.1) is 33.5 Å². The van der Waals surface area contributed by atoms with Crippen molar-refractivity contribution in [2.75, 3.05) is 13.7 Å². The van der Waals surface area contributed by atoms with E-state index in [0.29, 0.717) is 6.42 Å². The number of nitrogens with two attached hydrogens (primary N) is 1. The van der Waals surface area contributed by atoms with Gasteiger partial charge < -0.3 is 10.5 Å². The van der Waals surface area contributed by atoms with Crippen molar-refractivity contribution >= 4 is 11.7 Å². The summed E-state index contributed by atoms with van der Waals surface area (Å²) < 4.78 is 5.11. The van der Waals surface area contributed by atoms with Crippen LogP contribution in [0.2, 0.25) is 0 Å². The van der Waals surface area contributed by atoms with Gasteiger partial charge in [0.25, 0.3) is 0 Å². The van der Waals surface area contributed by atoms with Gasteiger partial charge in [0.15, 0.2) is 5.78 Å². The molecule has 2 atom stereocenters. The van der Waals surface area contributed by atoms with Gasteiger partial charge in [0.1, 0.15) is 6.61 Å². The predicted molar refractivity (Wildman–Crippen MR) is 109 cm³/mol. The number of hydrogen-bond donors (Lipinski definition) is 1. The molecule has 0 bridgehead atoms. The Morgan fingerprint density at radius 3 is 1.62 bits per heavy atom. The first-order chi connectivity index (χ1) is 11.4. The molecule has 0 aliphatic heterocycles. The van der Waals surface area contributed by atoms with E-state index in [9.17, 15) is 9.59 Å². The lowest BCUT2D eigenvalue weighted by Crippen LogP contribution is -2.48. The van der Waals surface area contributed by atoms with Crippen LogP contribution >= 0.6 is 0 Å². The fraction of sp³-hybridized carbons (Fsp3) is 0.909. The second-order valence-electron chi connectivity index (χ2n) is 11.3. The van der Waals surface area contributed by atoms with Crippen molar-refractivity contribution in [3.8, 4) is 0 Å². The van der Waals surface area contributed by atoms with Crippen LogP contribution in [0.25, 0.3) is 0 Å². The van der Waals surface area contributed by atoms with Crippen molar-refractivity contribution in [1.82, 2.24) is 0 Å². The third kappa shape index (κ3) is 6.68. The number of hydrogen-bond acceptors (Lipinski definition) is 3. The lowest BCUT2D eigenvalue weighted by Gasteiger charge is -2.50. The molecule has 4 heteroatoms. The molecule has 0 heterocycles. The number of amides is 1. The smallest absolute Gasteiger partial charge is 0.221 e. The van der Waals surface area contributed by atoms with Crippen LogP contribution in [0.15, 0.2) is 0 Å². The quantitative estimate of drug-likeness (QED) is 0.632. The number of Topliss-reactive ketones (excluding diaryl/α,β-unsaturated/α-hetero) is 1. The minimum atomic E-state index is -0.344. The summed E-state index contributed by atoms with van der Waals surface area (Å²) >= 11 is 0. The molecule has 0 saturated carbocycles. The fourth-order valence-electron chi connectivity index (χ4n) is 3.71. The summed E-state index contributed by atoms with van der Waals surface area (Å²) in [7, 11) is 1.55. The molecule has 2 unspecified atom stereocenters. The van der Waals surface area contributed by atoms with Crippen molar-refractivity contribution in [3.63, 3.8) is 0 Å². The molecule has 0 aromatic carbocycles. The number of carbonyl (C=O) groups excluding carboxylic acids is 2. The minimum absolute atomic E-state index is 0.00233. The molecule has 0 aromatic rings. The molecule has 0 radical (unpaired) electrons. The summed E-state index contributed by atoms with van der Waals surface area (Å²) in [5, 5.41) is 0. The number of ether oxygens (including phenoxy) is 1. The Labute approximate surface area is 161 Å².